The average molecular weight is 346 g/mol. The summed E-state index contributed by atoms with van der Waals surface area (Å²) < 4.78 is 26.0. The zero-order valence-corrected chi connectivity index (χ0v) is 13.9. The molecule has 0 fully saturated rings. The molecule has 0 amide bonds. The molecule has 2 N–H and O–H groups in total. The van der Waals surface area contributed by atoms with E-state index in [1.165, 1.54) is 12.1 Å². The smallest absolute Gasteiger partial charge is 0.186 e. The van der Waals surface area contributed by atoms with Crippen LogP contribution in [0.4, 0.5) is 0 Å². The van der Waals surface area contributed by atoms with Crippen molar-refractivity contribution in [1.82, 2.24) is 0 Å². The highest BCUT2D eigenvalue weighted by atomic mass is 35.5. The first kappa shape index (κ1) is 16.0. The predicted molar refractivity (Wildman–Crippen MR) is 94.4 cm³/mol. The first-order valence-corrected chi connectivity index (χ1v) is 9.13. The van der Waals surface area contributed by atoms with Gasteiger partial charge in [0.05, 0.1) is 4.90 Å². The normalized spacial score (nSPS) is 13.1. The summed E-state index contributed by atoms with van der Waals surface area (Å²) in [5.41, 5.74) is 6.57. The van der Waals surface area contributed by atoms with E-state index in [9.17, 15) is 8.42 Å². The van der Waals surface area contributed by atoms with E-state index in [2.05, 4.69) is 0 Å². The molecule has 0 spiro atoms. The van der Waals surface area contributed by atoms with Crippen molar-refractivity contribution >= 4 is 32.2 Å². The number of hydrogen-bond acceptors (Lipinski definition) is 3. The van der Waals surface area contributed by atoms with Gasteiger partial charge in [-0.1, -0.05) is 54.1 Å². The minimum Gasteiger partial charge on any atom is -0.329 e. The maximum Gasteiger partial charge on any atom is 0.186 e. The third-order valence-electron chi connectivity index (χ3n) is 3.90. The minimum atomic E-state index is -3.60. The molecule has 0 heterocycles. The van der Waals surface area contributed by atoms with Crippen LogP contribution in [-0.2, 0) is 9.84 Å². The molecule has 3 aromatic rings. The second kappa shape index (κ2) is 6.32. The van der Waals surface area contributed by atoms with E-state index >= 15 is 0 Å². The molecule has 0 bridgehead atoms. The highest BCUT2D eigenvalue weighted by Crippen LogP contribution is 2.33. The Morgan fingerprint density at radius 1 is 0.913 bits per heavy atom. The Balaban J connectivity index is 2.17. The first-order chi connectivity index (χ1) is 11.0. The maximum absolute atomic E-state index is 13.0. The van der Waals surface area contributed by atoms with Gasteiger partial charge in [-0.3, -0.25) is 0 Å². The number of halogens is 1. The molecule has 0 saturated heterocycles. The predicted octanol–water partition coefficient (Wildman–Crippen LogP) is 3.97. The quantitative estimate of drug-likeness (QED) is 0.778. The fourth-order valence-electron chi connectivity index (χ4n) is 2.74. The Morgan fingerprint density at radius 3 is 2.26 bits per heavy atom. The van der Waals surface area contributed by atoms with E-state index in [0.29, 0.717) is 5.02 Å². The van der Waals surface area contributed by atoms with Gasteiger partial charge in [0, 0.05) is 11.6 Å². The van der Waals surface area contributed by atoms with Crippen LogP contribution in [0.2, 0.25) is 5.02 Å². The summed E-state index contributed by atoms with van der Waals surface area (Å²) >= 11 is 5.85. The first-order valence-electron chi connectivity index (χ1n) is 7.21. The highest BCUT2D eigenvalue weighted by Gasteiger charge is 2.29. The van der Waals surface area contributed by atoms with E-state index in [0.717, 1.165) is 16.3 Å². The lowest BCUT2D eigenvalue weighted by Crippen LogP contribution is -2.22. The van der Waals surface area contributed by atoms with Crippen LogP contribution in [0, 0.1) is 0 Å². The molecule has 0 saturated carbocycles. The van der Waals surface area contributed by atoms with Crippen LogP contribution < -0.4 is 5.73 Å². The number of sulfone groups is 1. The van der Waals surface area contributed by atoms with Crippen molar-refractivity contribution in [3.63, 3.8) is 0 Å². The average Bonchev–Trinajstić information content (AvgIpc) is 2.56. The number of benzene rings is 3. The molecule has 0 radical (unpaired) electrons. The monoisotopic (exact) mass is 345 g/mol. The van der Waals surface area contributed by atoms with Crippen LogP contribution in [0.1, 0.15) is 10.8 Å². The number of fused-ring (bicyclic) bond motifs is 1. The molecule has 23 heavy (non-hydrogen) atoms. The second-order valence-corrected chi connectivity index (χ2v) is 7.86. The molecule has 1 atom stereocenters. The largest absolute Gasteiger partial charge is 0.329 e. The van der Waals surface area contributed by atoms with Crippen LogP contribution in [0.15, 0.2) is 71.6 Å². The summed E-state index contributed by atoms with van der Waals surface area (Å²) in [5, 5.41) is 1.60. The zero-order valence-electron chi connectivity index (χ0n) is 12.3. The molecule has 0 aliphatic carbocycles. The lowest BCUT2D eigenvalue weighted by molar-refractivity contribution is 0.583. The van der Waals surface area contributed by atoms with Crippen LogP contribution in [0.3, 0.4) is 0 Å². The fourth-order valence-corrected chi connectivity index (χ4v) is 4.50. The minimum absolute atomic E-state index is 0.0129. The maximum atomic E-state index is 13.0. The van der Waals surface area contributed by atoms with Crippen molar-refractivity contribution < 1.29 is 8.42 Å². The van der Waals surface area contributed by atoms with Gasteiger partial charge in [-0.05, 0) is 40.6 Å². The molecular formula is C18H16ClNO2S. The van der Waals surface area contributed by atoms with E-state index in [1.54, 1.807) is 12.1 Å². The van der Waals surface area contributed by atoms with Gasteiger partial charge in [0.2, 0.25) is 0 Å². The van der Waals surface area contributed by atoms with Crippen molar-refractivity contribution in [2.45, 2.75) is 10.1 Å². The number of rotatable bonds is 4. The fraction of sp³-hybridized carbons (Fsp3) is 0.111. The van der Waals surface area contributed by atoms with E-state index in [-0.39, 0.29) is 11.4 Å². The van der Waals surface area contributed by atoms with Crippen LogP contribution in [0.5, 0.6) is 0 Å². The SMILES string of the molecule is NC[C@H](c1cccc2ccccc12)S(=O)(=O)c1ccc(Cl)cc1. The van der Waals surface area contributed by atoms with Crippen LogP contribution in [0.25, 0.3) is 10.8 Å². The summed E-state index contributed by atoms with van der Waals surface area (Å²) in [5.74, 6) is 0. The van der Waals surface area contributed by atoms with Crippen LogP contribution in [-0.4, -0.2) is 15.0 Å². The molecule has 118 valence electrons. The molecule has 5 heteroatoms. The molecular weight excluding hydrogens is 330 g/mol. The molecule has 3 nitrogen and oxygen atoms in total. The Bertz CT molecular complexity index is 931. The standard InChI is InChI=1S/C18H16ClNO2S/c19-14-8-10-15(11-9-14)23(21,22)18(12-20)17-7-3-5-13-4-1-2-6-16(13)17/h1-11,18H,12,20H2/t18-/m1/s1. The van der Waals surface area contributed by atoms with E-state index in [1.807, 2.05) is 42.5 Å². The van der Waals surface area contributed by atoms with Gasteiger partial charge in [0.1, 0.15) is 5.25 Å². The van der Waals surface area contributed by atoms with E-state index < -0.39 is 15.1 Å². The second-order valence-electron chi connectivity index (χ2n) is 5.29. The van der Waals surface area contributed by atoms with Gasteiger partial charge >= 0.3 is 0 Å². The Labute approximate surface area is 140 Å². The van der Waals surface area contributed by atoms with Gasteiger partial charge in [-0.25, -0.2) is 8.42 Å². The summed E-state index contributed by atoms with van der Waals surface area (Å²) in [6, 6.07) is 19.5. The third-order valence-corrected chi connectivity index (χ3v) is 6.28. The third kappa shape index (κ3) is 2.98. The number of hydrogen-bond donors (Lipinski definition) is 1. The Morgan fingerprint density at radius 2 is 1.57 bits per heavy atom. The van der Waals surface area contributed by atoms with Gasteiger partial charge in [-0.15, -0.1) is 0 Å². The van der Waals surface area contributed by atoms with E-state index in [4.69, 9.17) is 17.3 Å². The van der Waals surface area contributed by atoms with Crippen molar-refractivity contribution in [3.8, 4) is 0 Å². The van der Waals surface area contributed by atoms with Crippen molar-refractivity contribution in [2.75, 3.05) is 6.54 Å². The summed E-state index contributed by atoms with van der Waals surface area (Å²) in [7, 11) is -3.60. The van der Waals surface area contributed by atoms with Crippen LogP contribution >= 0.6 is 11.6 Å². The van der Waals surface area contributed by atoms with Gasteiger partial charge < -0.3 is 5.73 Å². The molecule has 3 rings (SSSR count). The van der Waals surface area contributed by atoms with Crippen molar-refractivity contribution in [3.05, 3.63) is 77.3 Å². The highest BCUT2D eigenvalue weighted by molar-refractivity contribution is 7.91. The van der Waals surface area contributed by atoms with Gasteiger partial charge in [0.15, 0.2) is 9.84 Å². The lowest BCUT2D eigenvalue weighted by atomic mass is 10.0. The Hall–Kier alpha value is -1.88. The zero-order chi connectivity index (χ0) is 16.4. The molecule has 0 unspecified atom stereocenters. The van der Waals surface area contributed by atoms with Crippen molar-refractivity contribution in [1.29, 1.82) is 0 Å². The lowest BCUT2D eigenvalue weighted by Gasteiger charge is -2.18. The number of nitrogens with two attached hydrogens (primary N) is 1. The summed E-state index contributed by atoms with van der Waals surface area (Å²) in [6.45, 7) is 0.0129. The molecule has 0 aliphatic heterocycles. The molecule has 0 aliphatic rings. The Kier molecular flexibility index (Phi) is 4.39. The molecule has 3 aromatic carbocycles. The topological polar surface area (TPSA) is 60.2 Å². The summed E-state index contributed by atoms with van der Waals surface area (Å²) in [6.07, 6.45) is 0. The van der Waals surface area contributed by atoms with Gasteiger partial charge in [-0.2, -0.15) is 0 Å². The van der Waals surface area contributed by atoms with Crippen molar-refractivity contribution in [2.24, 2.45) is 5.73 Å². The summed E-state index contributed by atoms with van der Waals surface area (Å²) in [4.78, 5) is 0.227. The van der Waals surface area contributed by atoms with Gasteiger partial charge in [0.25, 0.3) is 0 Å². The molecule has 0 aromatic heterocycles.